The molecular formula is C11H23N. The molecule has 0 bridgehead atoms. The molecule has 0 aromatic carbocycles. The summed E-state index contributed by atoms with van der Waals surface area (Å²) in [4.78, 5) is 0. The van der Waals surface area contributed by atoms with Gasteiger partial charge in [-0.15, -0.1) is 0 Å². The normalized spacial score (nSPS) is 31.0. The minimum atomic E-state index is 0.436. The zero-order valence-corrected chi connectivity index (χ0v) is 8.98. The molecule has 0 aliphatic heterocycles. The van der Waals surface area contributed by atoms with Crippen molar-refractivity contribution in [3.8, 4) is 0 Å². The molecule has 12 heavy (non-hydrogen) atoms. The van der Waals surface area contributed by atoms with Crippen molar-refractivity contribution in [2.75, 3.05) is 6.54 Å². The molecule has 0 amide bonds. The van der Waals surface area contributed by atoms with Crippen LogP contribution >= 0.6 is 0 Å². The molecule has 72 valence electrons. The van der Waals surface area contributed by atoms with Gasteiger partial charge in [-0.1, -0.05) is 27.7 Å². The average Bonchev–Trinajstić information content (AvgIpc) is 2.30. The lowest BCUT2D eigenvalue weighted by Gasteiger charge is -2.22. The van der Waals surface area contributed by atoms with E-state index in [1.807, 2.05) is 0 Å². The van der Waals surface area contributed by atoms with Crippen molar-refractivity contribution in [3.63, 3.8) is 0 Å². The van der Waals surface area contributed by atoms with Gasteiger partial charge in [0.15, 0.2) is 0 Å². The van der Waals surface area contributed by atoms with Gasteiger partial charge in [-0.3, -0.25) is 0 Å². The maximum absolute atomic E-state index is 3.65. The standard InChI is InChI=1S/C11H23N/c1-9-5-6-10(7-9)12-8-11(2,3)4/h9-10,12H,5-8H2,1-4H3. The van der Waals surface area contributed by atoms with Crippen molar-refractivity contribution < 1.29 is 0 Å². The molecule has 1 nitrogen and oxygen atoms in total. The molecule has 1 heteroatoms. The van der Waals surface area contributed by atoms with Gasteiger partial charge in [-0.2, -0.15) is 0 Å². The van der Waals surface area contributed by atoms with Gasteiger partial charge in [-0.05, 0) is 30.6 Å². The maximum atomic E-state index is 3.65. The predicted molar refractivity (Wildman–Crippen MR) is 54.3 cm³/mol. The van der Waals surface area contributed by atoms with Crippen LogP contribution in [0.15, 0.2) is 0 Å². The molecule has 0 spiro atoms. The summed E-state index contributed by atoms with van der Waals surface area (Å²) in [7, 11) is 0. The second kappa shape index (κ2) is 3.78. The van der Waals surface area contributed by atoms with E-state index in [0.29, 0.717) is 5.41 Å². The minimum Gasteiger partial charge on any atom is -0.313 e. The fourth-order valence-electron chi connectivity index (χ4n) is 1.84. The second-order valence-electron chi connectivity index (χ2n) is 5.56. The van der Waals surface area contributed by atoms with Crippen LogP contribution in [-0.2, 0) is 0 Å². The van der Waals surface area contributed by atoms with Gasteiger partial charge in [0.2, 0.25) is 0 Å². The predicted octanol–water partition coefficient (Wildman–Crippen LogP) is 2.81. The van der Waals surface area contributed by atoms with E-state index in [4.69, 9.17) is 0 Å². The Kier molecular flexibility index (Phi) is 3.16. The smallest absolute Gasteiger partial charge is 0.00699 e. The van der Waals surface area contributed by atoms with E-state index in [-0.39, 0.29) is 0 Å². The third-order valence-corrected chi connectivity index (χ3v) is 2.62. The van der Waals surface area contributed by atoms with Crippen molar-refractivity contribution in [1.82, 2.24) is 5.32 Å². The van der Waals surface area contributed by atoms with E-state index in [9.17, 15) is 0 Å². The Morgan fingerprint density at radius 2 is 1.92 bits per heavy atom. The Morgan fingerprint density at radius 1 is 1.25 bits per heavy atom. The van der Waals surface area contributed by atoms with Crippen molar-refractivity contribution >= 4 is 0 Å². The molecule has 1 rings (SSSR count). The van der Waals surface area contributed by atoms with Gasteiger partial charge in [0.25, 0.3) is 0 Å². The fraction of sp³-hybridized carbons (Fsp3) is 1.00. The maximum Gasteiger partial charge on any atom is 0.00699 e. The summed E-state index contributed by atoms with van der Waals surface area (Å²) in [6.45, 7) is 10.4. The second-order valence-corrected chi connectivity index (χ2v) is 5.56. The fourth-order valence-corrected chi connectivity index (χ4v) is 1.84. The lowest BCUT2D eigenvalue weighted by molar-refractivity contribution is 0.348. The van der Waals surface area contributed by atoms with Gasteiger partial charge in [-0.25, -0.2) is 0 Å². The first-order valence-corrected chi connectivity index (χ1v) is 5.21. The molecule has 1 aliphatic rings. The van der Waals surface area contributed by atoms with Crippen molar-refractivity contribution in [2.45, 2.75) is 53.0 Å². The molecule has 1 N–H and O–H groups in total. The van der Waals surface area contributed by atoms with Crippen LogP contribution in [0.4, 0.5) is 0 Å². The first-order valence-electron chi connectivity index (χ1n) is 5.21. The molecule has 1 saturated carbocycles. The van der Waals surface area contributed by atoms with Crippen molar-refractivity contribution in [2.24, 2.45) is 11.3 Å². The minimum absolute atomic E-state index is 0.436. The Balaban J connectivity index is 2.16. The average molecular weight is 169 g/mol. The van der Waals surface area contributed by atoms with Crippen LogP contribution in [0.25, 0.3) is 0 Å². The highest BCUT2D eigenvalue weighted by molar-refractivity contribution is 4.79. The largest absolute Gasteiger partial charge is 0.313 e. The lowest BCUT2D eigenvalue weighted by Crippen LogP contribution is -2.34. The van der Waals surface area contributed by atoms with E-state index < -0.39 is 0 Å². The van der Waals surface area contributed by atoms with Gasteiger partial charge < -0.3 is 5.32 Å². The molecule has 0 aromatic rings. The highest BCUT2D eigenvalue weighted by Crippen LogP contribution is 2.25. The highest BCUT2D eigenvalue weighted by atomic mass is 14.9. The monoisotopic (exact) mass is 169 g/mol. The Labute approximate surface area is 76.9 Å². The van der Waals surface area contributed by atoms with Crippen molar-refractivity contribution in [3.05, 3.63) is 0 Å². The van der Waals surface area contributed by atoms with E-state index in [1.165, 1.54) is 19.3 Å². The summed E-state index contributed by atoms with van der Waals surface area (Å²) in [6, 6.07) is 0.805. The highest BCUT2D eigenvalue weighted by Gasteiger charge is 2.22. The Morgan fingerprint density at radius 3 is 2.33 bits per heavy atom. The molecule has 2 unspecified atom stereocenters. The summed E-state index contributed by atoms with van der Waals surface area (Å²) in [5.41, 5.74) is 0.436. The third kappa shape index (κ3) is 3.57. The van der Waals surface area contributed by atoms with Crippen LogP contribution in [0.1, 0.15) is 47.0 Å². The molecule has 0 aromatic heterocycles. The number of rotatable bonds is 2. The Hall–Kier alpha value is -0.0400. The number of nitrogens with one attached hydrogen (secondary N) is 1. The van der Waals surface area contributed by atoms with Gasteiger partial charge >= 0.3 is 0 Å². The number of hydrogen-bond acceptors (Lipinski definition) is 1. The van der Waals surface area contributed by atoms with Crippen LogP contribution in [0.3, 0.4) is 0 Å². The first-order chi connectivity index (χ1) is 5.47. The molecule has 0 radical (unpaired) electrons. The topological polar surface area (TPSA) is 12.0 Å². The van der Waals surface area contributed by atoms with Gasteiger partial charge in [0.05, 0.1) is 0 Å². The summed E-state index contributed by atoms with van der Waals surface area (Å²) in [6.07, 6.45) is 4.19. The summed E-state index contributed by atoms with van der Waals surface area (Å²) >= 11 is 0. The molecule has 2 atom stereocenters. The molecule has 0 saturated heterocycles. The van der Waals surface area contributed by atoms with E-state index in [0.717, 1.165) is 18.5 Å². The van der Waals surface area contributed by atoms with Crippen LogP contribution < -0.4 is 5.32 Å². The molecule has 0 heterocycles. The van der Waals surface area contributed by atoms with Gasteiger partial charge in [0.1, 0.15) is 0 Å². The quantitative estimate of drug-likeness (QED) is 0.670. The summed E-state index contributed by atoms with van der Waals surface area (Å²) < 4.78 is 0. The molecular weight excluding hydrogens is 146 g/mol. The van der Waals surface area contributed by atoms with Crippen LogP contribution in [0, 0.1) is 11.3 Å². The lowest BCUT2D eigenvalue weighted by atomic mass is 9.96. The zero-order chi connectivity index (χ0) is 9.19. The van der Waals surface area contributed by atoms with Crippen molar-refractivity contribution in [1.29, 1.82) is 0 Å². The SMILES string of the molecule is CC1CCC(NCC(C)(C)C)C1. The zero-order valence-electron chi connectivity index (χ0n) is 8.98. The molecule has 1 fully saturated rings. The van der Waals surface area contributed by atoms with E-state index in [1.54, 1.807) is 0 Å². The molecule has 1 aliphatic carbocycles. The van der Waals surface area contributed by atoms with E-state index in [2.05, 4.69) is 33.0 Å². The number of hydrogen-bond donors (Lipinski definition) is 1. The first kappa shape index (κ1) is 10.0. The Bertz CT molecular complexity index is 134. The van der Waals surface area contributed by atoms with Crippen LogP contribution in [-0.4, -0.2) is 12.6 Å². The van der Waals surface area contributed by atoms with E-state index >= 15 is 0 Å². The summed E-state index contributed by atoms with van der Waals surface area (Å²) in [5, 5.41) is 3.65. The van der Waals surface area contributed by atoms with Crippen LogP contribution in [0.5, 0.6) is 0 Å². The van der Waals surface area contributed by atoms with Crippen LogP contribution in [0.2, 0.25) is 0 Å². The third-order valence-electron chi connectivity index (χ3n) is 2.62. The van der Waals surface area contributed by atoms with Gasteiger partial charge in [0, 0.05) is 12.6 Å². The summed E-state index contributed by atoms with van der Waals surface area (Å²) in [5.74, 6) is 0.947.